The molecule has 0 aliphatic heterocycles. The molecule has 0 saturated heterocycles. The lowest BCUT2D eigenvalue weighted by atomic mass is 10.1. The molecule has 0 saturated carbocycles. The molecule has 3 nitrogen and oxygen atoms in total. The van der Waals surface area contributed by atoms with Crippen LogP contribution in [-0.2, 0) is 26.9 Å². The van der Waals surface area contributed by atoms with Crippen LogP contribution < -0.4 is 0 Å². The molecule has 0 heterocycles. The second-order valence-electron chi connectivity index (χ2n) is 3.40. The summed E-state index contributed by atoms with van der Waals surface area (Å²) in [5, 5.41) is 0. The van der Waals surface area contributed by atoms with Crippen molar-refractivity contribution in [1.82, 2.24) is 0 Å². The Kier molecular flexibility index (Phi) is 4.50. The van der Waals surface area contributed by atoms with Crippen molar-refractivity contribution in [3.63, 3.8) is 0 Å². The van der Waals surface area contributed by atoms with Crippen LogP contribution >= 0.6 is 15.9 Å². The molecule has 0 atom stereocenters. The van der Waals surface area contributed by atoms with Crippen molar-refractivity contribution in [3.05, 3.63) is 33.8 Å². The number of alkyl halides is 3. The van der Waals surface area contributed by atoms with E-state index in [9.17, 15) is 22.8 Å². The first-order valence-electron chi connectivity index (χ1n) is 4.72. The topological polar surface area (TPSA) is 43.4 Å². The van der Waals surface area contributed by atoms with Gasteiger partial charge < -0.3 is 4.74 Å². The van der Waals surface area contributed by atoms with Crippen molar-refractivity contribution in [2.75, 3.05) is 7.11 Å². The second kappa shape index (κ2) is 5.51. The highest BCUT2D eigenvalue weighted by atomic mass is 79.9. The third-order valence-electron chi connectivity index (χ3n) is 2.12. The Morgan fingerprint density at radius 1 is 1.33 bits per heavy atom. The summed E-state index contributed by atoms with van der Waals surface area (Å²) in [6, 6.07) is 3.15. The molecule has 1 aromatic carbocycles. The van der Waals surface area contributed by atoms with Crippen LogP contribution in [0, 0.1) is 0 Å². The van der Waals surface area contributed by atoms with E-state index in [0.29, 0.717) is 5.56 Å². The van der Waals surface area contributed by atoms with Crippen LogP contribution in [0.2, 0.25) is 0 Å². The molecule has 0 bridgehead atoms. The smallest absolute Gasteiger partial charge is 0.417 e. The first kappa shape index (κ1) is 14.7. The average molecular weight is 325 g/mol. The fourth-order valence-electron chi connectivity index (χ4n) is 1.27. The highest BCUT2D eigenvalue weighted by Gasteiger charge is 2.32. The van der Waals surface area contributed by atoms with Gasteiger partial charge in [-0.05, 0) is 17.7 Å². The third kappa shape index (κ3) is 3.56. The molecule has 1 rings (SSSR count). The van der Waals surface area contributed by atoms with Gasteiger partial charge >= 0.3 is 12.1 Å². The number of benzene rings is 1. The van der Waals surface area contributed by atoms with Crippen LogP contribution in [0.15, 0.2) is 22.7 Å². The Hall–Kier alpha value is -1.37. The van der Waals surface area contributed by atoms with Crippen LogP contribution in [0.3, 0.4) is 0 Å². The quantitative estimate of drug-likeness (QED) is 0.634. The van der Waals surface area contributed by atoms with Crippen molar-refractivity contribution >= 4 is 27.7 Å². The van der Waals surface area contributed by atoms with E-state index < -0.39 is 23.5 Å². The minimum absolute atomic E-state index is 0.176. The molecule has 0 aliphatic carbocycles. The SMILES string of the molecule is COC(=O)C(=O)Cc1ccc(C(F)(F)F)c(Br)c1. The van der Waals surface area contributed by atoms with Crippen molar-refractivity contribution in [1.29, 1.82) is 0 Å². The molecule has 1 aromatic rings. The summed E-state index contributed by atoms with van der Waals surface area (Å²) in [5.74, 6) is -1.84. The highest BCUT2D eigenvalue weighted by Crippen LogP contribution is 2.35. The maximum atomic E-state index is 12.5. The Morgan fingerprint density at radius 3 is 2.39 bits per heavy atom. The largest absolute Gasteiger partial charge is 0.463 e. The number of ketones is 1. The summed E-state index contributed by atoms with van der Waals surface area (Å²) in [7, 11) is 1.06. The van der Waals surface area contributed by atoms with Crippen molar-refractivity contribution in [3.8, 4) is 0 Å². The van der Waals surface area contributed by atoms with E-state index in [0.717, 1.165) is 25.3 Å². The molecular formula is C11H8BrF3O3. The zero-order valence-corrected chi connectivity index (χ0v) is 10.8. The predicted molar refractivity (Wildman–Crippen MR) is 59.9 cm³/mol. The fourth-order valence-corrected chi connectivity index (χ4v) is 1.92. The number of esters is 1. The normalized spacial score (nSPS) is 11.2. The number of carbonyl (C=O) groups is 2. The summed E-state index contributed by atoms with van der Waals surface area (Å²) in [6.45, 7) is 0. The van der Waals surface area contributed by atoms with Crippen LogP contribution in [0.25, 0.3) is 0 Å². The highest BCUT2D eigenvalue weighted by molar-refractivity contribution is 9.10. The van der Waals surface area contributed by atoms with Gasteiger partial charge in [-0.2, -0.15) is 13.2 Å². The fraction of sp³-hybridized carbons (Fsp3) is 0.273. The van der Waals surface area contributed by atoms with Crippen LogP contribution in [0.4, 0.5) is 13.2 Å². The molecule has 7 heteroatoms. The van der Waals surface area contributed by atoms with Gasteiger partial charge in [-0.3, -0.25) is 4.79 Å². The van der Waals surface area contributed by atoms with E-state index in [1.807, 2.05) is 0 Å². The Morgan fingerprint density at radius 2 is 1.94 bits per heavy atom. The summed E-state index contributed by atoms with van der Waals surface area (Å²) >= 11 is 2.78. The zero-order valence-electron chi connectivity index (χ0n) is 9.18. The lowest BCUT2D eigenvalue weighted by Gasteiger charge is -2.10. The lowest BCUT2D eigenvalue weighted by molar-refractivity contribution is -0.151. The summed E-state index contributed by atoms with van der Waals surface area (Å²) < 4.78 is 41.4. The maximum Gasteiger partial charge on any atom is 0.417 e. The molecule has 0 fully saturated rings. The van der Waals surface area contributed by atoms with Gasteiger partial charge in [-0.15, -0.1) is 0 Å². The van der Waals surface area contributed by atoms with Crippen LogP contribution in [0.5, 0.6) is 0 Å². The molecule has 0 radical (unpaired) electrons. The average Bonchev–Trinajstić information content (AvgIpc) is 2.26. The third-order valence-corrected chi connectivity index (χ3v) is 2.77. The summed E-state index contributed by atoms with van der Waals surface area (Å²) in [4.78, 5) is 22.1. The molecule has 0 aromatic heterocycles. The maximum absolute atomic E-state index is 12.5. The van der Waals surface area contributed by atoms with Gasteiger partial charge in [0.25, 0.3) is 0 Å². The van der Waals surface area contributed by atoms with Crippen LogP contribution in [-0.4, -0.2) is 18.9 Å². The van der Waals surface area contributed by atoms with Crippen molar-refractivity contribution < 1.29 is 27.5 Å². The predicted octanol–water partition coefficient (Wildman–Crippen LogP) is 2.75. The molecule has 0 aliphatic rings. The van der Waals surface area contributed by atoms with E-state index in [-0.39, 0.29) is 10.9 Å². The number of ether oxygens (including phenoxy) is 1. The lowest BCUT2D eigenvalue weighted by Crippen LogP contribution is -2.18. The van der Waals surface area contributed by atoms with E-state index in [1.54, 1.807) is 0 Å². The summed E-state index contributed by atoms with van der Waals surface area (Å²) in [6.07, 6.45) is -4.77. The first-order chi connectivity index (χ1) is 8.25. The van der Waals surface area contributed by atoms with Crippen molar-refractivity contribution in [2.45, 2.75) is 12.6 Å². The number of hydrogen-bond donors (Lipinski definition) is 0. The monoisotopic (exact) mass is 324 g/mol. The van der Waals surface area contributed by atoms with E-state index in [2.05, 4.69) is 20.7 Å². The van der Waals surface area contributed by atoms with Crippen molar-refractivity contribution in [2.24, 2.45) is 0 Å². The molecule has 18 heavy (non-hydrogen) atoms. The molecular weight excluding hydrogens is 317 g/mol. The standard InChI is InChI=1S/C11H8BrF3O3/c1-18-10(17)9(16)5-6-2-3-7(8(12)4-6)11(13,14)15/h2-4H,5H2,1H3. The minimum Gasteiger partial charge on any atom is -0.463 e. The van der Waals surface area contributed by atoms with Gasteiger partial charge in [0.1, 0.15) is 0 Å². The van der Waals surface area contributed by atoms with E-state index in [4.69, 9.17) is 0 Å². The number of methoxy groups -OCH3 is 1. The Labute approximate surface area is 109 Å². The number of carbonyl (C=O) groups excluding carboxylic acids is 2. The van der Waals surface area contributed by atoms with Gasteiger partial charge in [0.2, 0.25) is 5.78 Å². The second-order valence-corrected chi connectivity index (χ2v) is 4.26. The first-order valence-corrected chi connectivity index (χ1v) is 5.51. The van der Waals surface area contributed by atoms with Gasteiger partial charge in [0.05, 0.1) is 12.7 Å². The molecule has 98 valence electrons. The zero-order chi connectivity index (χ0) is 13.9. The molecule has 0 amide bonds. The van der Waals surface area contributed by atoms with E-state index in [1.165, 1.54) is 0 Å². The van der Waals surface area contributed by atoms with Gasteiger partial charge in [-0.1, -0.05) is 22.0 Å². The number of halogens is 4. The van der Waals surface area contributed by atoms with Gasteiger partial charge in [0.15, 0.2) is 0 Å². The van der Waals surface area contributed by atoms with Gasteiger partial charge in [0, 0.05) is 10.9 Å². The molecule has 0 unspecified atom stereocenters. The Bertz CT molecular complexity index is 483. The number of rotatable bonds is 3. The molecule has 0 N–H and O–H groups in total. The Balaban J connectivity index is 2.92. The van der Waals surface area contributed by atoms with E-state index >= 15 is 0 Å². The van der Waals surface area contributed by atoms with Crippen LogP contribution in [0.1, 0.15) is 11.1 Å². The van der Waals surface area contributed by atoms with Gasteiger partial charge in [-0.25, -0.2) is 4.79 Å². The minimum atomic E-state index is -4.47. The number of Topliss-reactive ketones (excluding diaryl/α,β-unsaturated/α-hetero) is 1. The number of hydrogen-bond acceptors (Lipinski definition) is 3. The molecule has 0 spiro atoms. The summed E-state index contributed by atoms with van der Waals surface area (Å²) in [5.41, 5.74) is -0.540.